The van der Waals surface area contributed by atoms with E-state index in [1.165, 1.54) is 0 Å². The second-order valence-corrected chi connectivity index (χ2v) is 5.11. The van der Waals surface area contributed by atoms with Gasteiger partial charge in [-0.3, -0.25) is 0 Å². The fourth-order valence-corrected chi connectivity index (χ4v) is 1.95. The van der Waals surface area contributed by atoms with Gasteiger partial charge in [0.1, 0.15) is 0 Å². The molecule has 0 saturated heterocycles. The maximum Gasteiger partial charge on any atom is 0.249 e. The zero-order chi connectivity index (χ0) is 11.8. The first-order valence-corrected chi connectivity index (χ1v) is 5.61. The highest BCUT2D eigenvalue weighted by molar-refractivity contribution is 5.27. The SMILES string of the molecule is CC(F)(F)Cc1cccc(CC2(N)CC2)c1. The summed E-state index contributed by atoms with van der Waals surface area (Å²) in [4.78, 5) is 0. The second-order valence-electron chi connectivity index (χ2n) is 5.11. The Morgan fingerprint density at radius 1 is 1.31 bits per heavy atom. The molecule has 1 saturated carbocycles. The molecule has 1 aromatic carbocycles. The number of rotatable bonds is 4. The van der Waals surface area contributed by atoms with E-state index in [2.05, 4.69) is 0 Å². The van der Waals surface area contributed by atoms with E-state index in [4.69, 9.17) is 5.73 Å². The van der Waals surface area contributed by atoms with Gasteiger partial charge in [0.15, 0.2) is 0 Å². The standard InChI is InChI=1S/C13H17F2N/c1-12(14,15)8-10-3-2-4-11(7-10)9-13(16)5-6-13/h2-4,7H,5-6,8-9,16H2,1H3. The molecule has 16 heavy (non-hydrogen) atoms. The minimum atomic E-state index is -2.64. The molecule has 0 amide bonds. The zero-order valence-electron chi connectivity index (χ0n) is 9.47. The molecule has 0 atom stereocenters. The van der Waals surface area contributed by atoms with Crippen molar-refractivity contribution >= 4 is 0 Å². The van der Waals surface area contributed by atoms with E-state index < -0.39 is 5.92 Å². The van der Waals surface area contributed by atoms with Crippen LogP contribution in [0.1, 0.15) is 30.9 Å². The van der Waals surface area contributed by atoms with Crippen molar-refractivity contribution in [3.05, 3.63) is 35.4 Å². The number of halogens is 2. The van der Waals surface area contributed by atoms with Crippen molar-refractivity contribution in [1.82, 2.24) is 0 Å². The topological polar surface area (TPSA) is 26.0 Å². The van der Waals surface area contributed by atoms with Crippen LogP contribution in [-0.2, 0) is 12.8 Å². The van der Waals surface area contributed by atoms with Crippen LogP contribution in [0.25, 0.3) is 0 Å². The summed E-state index contributed by atoms with van der Waals surface area (Å²) < 4.78 is 25.7. The molecule has 0 aliphatic heterocycles. The van der Waals surface area contributed by atoms with Gasteiger partial charge in [-0.2, -0.15) is 0 Å². The van der Waals surface area contributed by atoms with Crippen LogP contribution in [0.5, 0.6) is 0 Å². The second kappa shape index (κ2) is 3.81. The molecule has 0 bridgehead atoms. The molecule has 0 aromatic heterocycles. The van der Waals surface area contributed by atoms with Crippen molar-refractivity contribution in [2.45, 2.75) is 44.1 Å². The van der Waals surface area contributed by atoms with Gasteiger partial charge in [0.25, 0.3) is 0 Å². The highest BCUT2D eigenvalue weighted by Crippen LogP contribution is 2.35. The van der Waals surface area contributed by atoms with Crippen molar-refractivity contribution < 1.29 is 8.78 Å². The van der Waals surface area contributed by atoms with Gasteiger partial charge in [0.2, 0.25) is 5.92 Å². The lowest BCUT2D eigenvalue weighted by Crippen LogP contribution is -2.24. The largest absolute Gasteiger partial charge is 0.325 e. The first-order valence-electron chi connectivity index (χ1n) is 5.61. The molecule has 1 fully saturated rings. The number of nitrogens with two attached hydrogens (primary N) is 1. The number of hydrogen-bond acceptors (Lipinski definition) is 1. The van der Waals surface area contributed by atoms with Crippen LogP contribution < -0.4 is 5.73 Å². The van der Waals surface area contributed by atoms with Gasteiger partial charge in [-0.25, -0.2) is 8.78 Å². The molecule has 0 spiro atoms. The van der Waals surface area contributed by atoms with E-state index in [-0.39, 0.29) is 12.0 Å². The van der Waals surface area contributed by atoms with E-state index in [9.17, 15) is 8.78 Å². The molecular formula is C13H17F2N. The fourth-order valence-electron chi connectivity index (χ4n) is 1.95. The molecule has 3 heteroatoms. The van der Waals surface area contributed by atoms with Gasteiger partial charge < -0.3 is 5.73 Å². The minimum absolute atomic E-state index is 0.0621. The average molecular weight is 225 g/mol. The number of alkyl halides is 2. The van der Waals surface area contributed by atoms with E-state index >= 15 is 0 Å². The third-order valence-electron chi connectivity index (χ3n) is 2.95. The lowest BCUT2D eigenvalue weighted by atomic mass is 10.00. The Balaban J connectivity index is 2.07. The first-order chi connectivity index (χ1) is 7.36. The molecule has 2 rings (SSSR count). The monoisotopic (exact) mass is 225 g/mol. The van der Waals surface area contributed by atoms with Gasteiger partial charge in [-0.1, -0.05) is 24.3 Å². The van der Waals surface area contributed by atoms with E-state index in [0.717, 1.165) is 31.7 Å². The molecule has 88 valence electrons. The molecule has 2 N–H and O–H groups in total. The van der Waals surface area contributed by atoms with Crippen LogP contribution >= 0.6 is 0 Å². The van der Waals surface area contributed by atoms with E-state index in [0.29, 0.717) is 5.56 Å². The first kappa shape index (κ1) is 11.5. The minimum Gasteiger partial charge on any atom is -0.325 e. The number of benzene rings is 1. The summed E-state index contributed by atoms with van der Waals surface area (Å²) in [6, 6.07) is 7.40. The summed E-state index contributed by atoms with van der Waals surface area (Å²) in [5.74, 6) is -2.64. The lowest BCUT2D eigenvalue weighted by Gasteiger charge is -2.12. The van der Waals surface area contributed by atoms with Gasteiger partial charge in [0.05, 0.1) is 0 Å². The zero-order valence-corrected chi connectivity index (χ0v) is 9.47. The highest BCUT2D eigenvalue weighted by atomic mass is 19.3. The average Bonchev–Trinajstić information content (AvgIpc) is 2.80. The smallest absolute Gasteiger partial charge is 0.249 e. The summed E-state index contributed by atoms with van der Waals surface area (Å²) in [6.45, 7) is 0.949. The highest BCUT2D eigenvalue weighted by Gasteiger charge is 2.37. The van der Waals surface area contributed by atoms with E-state index in [1.54, 1.807) is 6.07 Å². The Hall–Kier alpha value is -0.960. The van der Waals surface area contributed by atoms with Crippen molar-refractivity contribution in [3.63, 3.8) is 0 Å². The predicted octanol–water partition coefficient (Wildman–Crippen LogP) is 2.92. The molecule has 0 heterocycles. The maximum absolute atomic E-state index is 12.9. The van der Waals surface area contributed by atoms with Gasteiger partial charge in [-0.15, -0.1) is 0 Å². The van der Waals surface area contributed by atoms with Crippen molar-refractivity contribution in [1.29, 1.82) is 0 Å². The normalized spacial score (nSPS) is 18.5. The van der Waals surface area contributed by atoms with Crippen LogP contribution in [0.2, 0.25) is 0 Å². The van der Waals surface area contributed by atoms with Crippen LogP contribution in [0.3, 0.4) is 0 Å². The summed E-state index contributed by atoms with van der Waals surface area (Å²) in [5, 5.41) is 0. The third-order valence-corrected chi connectivity index (χ3v) is 2.95. The molecular weight excluding hydrogens is 208 g/mol. The summed E-state index contributed by atoms with van der Waals surface area (Å²) in [6.07, 6.45) is 2.69. The van der Waals surface area contributed by atoms with Crippen molar-refractivity contribution in [2.75, 3.05) is 0 Å². The molecule has 1 nitrogen and oxygen atoms in total. The Morgan fingerprint density at radius 2 is 1.94 bits per heavy atom. The van der Waals surface area contributed by atoms with Gasteiger partial charge >= 0.3 is 0 Å². The molecule has 1 aliphatic rings. The van der Waals surface area contributed by atoms with Crippen LogP contribution in [0, 0.1) is 0 Å². The Kier molecular flexibility index (Phi) is 2.74. The Morgan fingerprint density at radius 3 is 2.50 bits per heavy atom. The number of hydrogen-bond donors (Lipinski definition) is 1. The quantitative estimate of drug-likeness (QED) is 0.837. The van der Waals surface area contributed by atoms with Crippen molar-refractivity contribution in [2.24, 2.45) is 5.73 Å². The van der Waals surface area contributed by atoms with Crippen LogP contribution in [-0.4, -0.2) is 11.5 Å². The molecule has 0 radical (unpaired) electrons. The summed E-state index contributed by atoms with van der Waals surface area (Å²) >= 11 is 0. The molecule has 1 aliphatic carbocycles. The Bertz CT molecular complexity index is 355. The lowest BCUT2D eigenvalue weighted by molar-refractivity contribution is 0.0226. The third kappa shape index (κ3) is 3.27. The van der Waals surface area contributed by atoms with E-state index in [1.807, 2.05) is 18.2 Å². The fraction of sp³-hybridized carbons (Fsp3) is 0.538. The Labute approximate surface area is 94.7 Å². The van der Waals surface area contributed by atoms with Crippen LogP contribution in [0.15, 0.2) is 24.3 Å². The maximum atomic E-state index is 12.9. The van der Waals surface area contributed by atoms with Gasteiger partial charge in [0, 0.05) is 12.0 Å². The predicted molar refractivity (Wildman–Crippen MR) is 60.6 cm³/mol. The molecule has 1 aromatic rings. The van der Waals surface area contributed by atoms with Crippen molar-refractivity contribution in [3.8, 4) is 0 Å². The van der Waals surface area contributed by atoms with Gasteiger partial charge in [-0.05, 0) is 37.3 Å². The summed E-state index contributed by atoms with van der Waals surface area (Å²) in [7, 11) is 0. The molecule has 0 unspecified atom stereocenters. The van der Waals surface area contributed by atoms with Crippen LogP contribution in [0.4, 0.5) is 8.78 Å². The summed E-state index contributed by atoms with van der Waals surface area (Å²) in [5.41, 5.74) is 7.71.